The molecule has 3 aromatic rings. The van der Waals surface area contributed by atoms with Gasteiger partial charge in [0.25, 0.3) is 0 Å². The van der Waals surface area contributed by atoms with Crippen LogP contribution in [-0.4, -0.2) is 48.2 Å². The van der Waals surface area contributed by atoms with E-state index in [0.717, 1.165) is 0 Å². The van der Waals surface area contributed by atoms with E-state index in [-0.39, 0.29) is 74.7 Å². The van der Waals surface area contributed by atoms with E-state index >= 15 is 13.2 Å². The van der Waals surface area contributed by atoms with E-state index in [1.165, 1.54) is 6.07 Å². The van der Waals surface area contributed by atoms with Crippen molar-refractivity contribution in [3.8, 4) is 28.4 Å². The molecule has 0 radical (unpaired) electrons. The van der Waals surface area contributed by atoms with E-state index in [1.807, 2.05) is 0 Å². The number of benzene rings is 3. The minimum atomic E-state index is -5.05. The first-order valence-corrected chi connectivity index (χ1v) is 14.3. The van der Waals surface area contributed by atoms with Gasteiger partial charge in [0, 0.05) is 49.2 Å². The number of aliphatic carboxylic acids is 1. The molecule has 2 N–H and O–H groups in total. The number of halogens is 6. The molecule has 13 heteroatoms. The second-order valence-corrected chi connectivity index (χ2v) is 11.5. The van der Waals surface area contributed by atoms with Crippen LogP contribution < -0.4 is 14.2 Å². The molecule has 1 saturated heterocycles. The lowest BCUT2D eigenvalue weighted by molar-refractivity contribution is -0.138. The highest BCUT2D eigenvalue weighted by Crippen LogP contribution is 2.49. The summed E-state index contributed by atoms with van der Waals surface area (Å²) in [4.78, 5) is 11.1. The zero-order valence-electron chi connectivity index (χ0n) is 23.7. The Labute approximate surface area is 253 Å². The lowest BCUT2D eigenvalue weighted by Gasteiger charge is -2.31. The second-order valence-electron chi connectivity index (χ2n) is 11.5. The molecule has 0 spiro atoms. The maximum Gasteiger partial charge on any atom is 0.417 e. The van der Waals surface area contributed by atoms with Crippen molar-refractivity contribution in [3.63, 3.8) is 0 Å². The maximum atomic E-state index is 15.4. The highest BCUT2D eigenvalue weighted by molar-refractivity contribution is 5.75. The van der Waals surface area contributed by atoms with Crippen molar-refractivity contribution in [3.05, 3.63) is 76.1 Å². The molecule has 2 aliphatic heterocycles. The summed E-state index contributed by atoms with van der Waals surface area (Å²) in [7, 11) is 0. The summed E-state index contributed by atoms with van der Waals surface area (Å²) in [5, 5.41) is 19.7. The topological polar surface area (TPSA) is 94.5 Å². The normalized spacial score (nSPS) is 20.3. The lowest BCUT2D eigenvalue weighted by atomic mass is 9.90. The molecule has 2 atom stereocenters. The minimum absolute atomic E-state index is 0.0745. The van der Waals surface area contributed by atoms with Crippen LogP contribution in [0.3, 0.4) is 0 Å². The number of carboxylic acids is 1. The summed E-state index contributed by atoms with van der Waals surface area (Å²) >= 11 is 0. The number of hydrogen-bond donors (Lipinski definition) is 2. The lowest BCUT2D eigenvalue weighted by Crippen LogP contribution is -2.41. The molecule has 6 rings (SSSR count). The van der Waals surface area contributed by atoms with Crippen LogP contribution in [0.25, 0.3) is 11.1 Å². The van der Waals surface area contributed by atoms with Gasteiger partial charge >= 0.3 is 12.1 Å². The molecule has 3 aliphatic rings. The monoisotopic (exact) mass is 638 g/mol. The third-order valence-corrected chi connectivity index (χ3v) is 8.47. The van der Waals surface area contributed by atoms with Gasteiger partial charge in [0.2, 0.25) is 0 Å². The van der Waals surface area contributed by atoms with Gasteiger partial charge in [-0.25, -0.2) is 13.2 Å². The number of alkyl halides is 3. The van der Waals surface area contributed by atoms with Crippen LogP contribution in [-0.2, 0) is 22.1 Å². The fourth-order valence-corrected chi connectivity index (χ4v) is 6.24. The molecular weight excluding hydrogens is 610 g/mol. The molecule has 2 heterocycles. The van der Waals surface area contributed by atoms with Crippen molar-refractivity contribution in [2.75, 3.05) is 26.4 Å². The Balaban J connectivity index is 1.32. The smallest absolute Gasteiger partial charge is 0.417 e. The number of aliphatic hydroxyl groups is 1. The van der Waals surface area contributed by atoms with E-state index in [9.17, 15) is 23.1 Å². The first-order chi connectivity index (χ1) is 21.3. The molecule has 240 valence electrons. The van der Waals surface area contributed by atoms with Crippen LogP contribution in [0.5, 0.6) is 17.2 Å². The SMILES string of the molecule is O=C(O)C[C@@H]1COc2cc(O[C@@H]3CCc4c(-c5cc(F)c(OCC6(O)CCOCC6)c(F)c5)c(C(F)(F)F)cc(F)c43)ccc21. The number of carboxylic acid groups (broad SMARTS) is 1. The molecular formula is C32H28F6O7. The maximum absolute atomic E-state index is 15.4. The quantitative estimate of drug-likeness (QED) is 0.265. The molecule has 0 saturated carbocycles. The van der Waals surface area contributed by atoms with E-state index < -0.39 is 70.3 Å². The van der Waals surface area contributed by atoms with Crippen molar-refractivity contribution in [1.29, 1.82) is 0 Å². The molecule has 3 aromatic carbocycles. The summed E-state index contributed by atoms with van der Waals surface area (Å²) in [6, 6.07) is 6.40. The molecule has 1 fully saturated rings. The predicted molar refractivity (Wildman–Crippen MR) is 146 cm³/mol. The molecule has 1 aliphatic carbocycles. The number of ether oxygens (including phenoxy) is 4. The van der Waals surface area contributed by atoms with Gasteiger partial charge in [0.05, 0.1) is 18.6 Å². The Morgan fingerprint density at radius 3 is 2.40 bits per heavy atom. The van der Waals surface area contributed by atoms with Crippen LogP contribution in [0.15, 0.2) is 36.4 Å². The standard InChI is InChI=1S/C32H28F6O7/c33-22-13-21(32(36,37)38)28(16-9-23(34)30(24(35)10-16)44-15-31(41)5-7-42-8-6-31)20-3-4-25(29(20)22)45-18-1-2-19-17(11-27(39)40)14-43-26(19)12-18/h1-2,9-10,12-13,17,25,41H,3-8,11,14-15H2,(H,39,40)/t17-,25-/m1/s1. The van der Waals surface area contributed by atoms with Gasteiger partial charge in [-0.2, -0.15) is 13.2 Å². The van der Waals surface area contributed by atoms with Gasteiger partial charge in [-0.3, -0.25) is 4.79 Å². The number of hydrogen-bond acceptors (Lipinski definition) is 6. The van der Waals surface area contributed by atoms with Crippen molar-refractivity contribution in [2.24, 2.45) is 0 Å². The van der Waals surface area contributed by atoms with E-state index in [0.29, 0.717) is 29.5 Å². The summed E-state index contributed by atoms with van der Waals surface area (Å²) in [6.07, 6.45) is -5.85. The van der Waals surface area contributed by atoms with Crippen molar-refractivity contribution in [1.82, 2.24) is 0 Å². The van der Waals surface area contributed by atoms with Gasteiger partial charge in [-0.15, -0.1) is 0 Å². The average Bonchev–Trinajstić information content (AvgIpc) is 3.56. The summed E-state index contributed by atoms with van der Waals surface area (Å²) in [5.74, 6) is -5.31. The molecule has 45 heavy (non-hydrogen) atoms. The van der Waals surface area contributed by atoms with Crippen molar-refractivity contribution >= 4 is 5.97 Å². The van der Waals surface area contributed by atoms with Crippen molar-refractivity contribution in [2.45, 2.75) is 55.9 Å². The van der Waals surface area contributed by atoms with Crippen LogP contribution in [0.2, 0.25) is 0 Å². The van der Waals surface area contributed by atoms with E-state index in [1.54, 1.807) is 12.1 Å². The van der Waals surface area contributed by atoms with Gasteiger partial charge in [0.15, 0.2) is 17.4 Å². The van der Waals surface area contributed by atoms with Gasteiger partial charge < -0.3 is 29.2 Å². The second kappa shape index (κ2) is 11.8. The summed E-state index contributed by atoms with van der Waals surface area (Å²) in [6.45, 7) is 0.175. The largest absolute Gasteiger partial charge is 0.492 e. The highest BCUT2D eigenvalue weighted by Gasteiger charge is 2.41. The van der Waals surface area contributed by atoms with Gasteiger partial charge in [-0.1, -0.05) is 6.07 Å². The van der Waals surface area contributed by atoms with E-state index in [4.69, 9.17) is 24.1 Å². The third-order valence-electron chi connectivity index (χ3n) is 8.47. The van der Waals surface area contributed by atoms with Crippen LogP contribution in [0.4, 0.5) is 26.3 Å². The highest BCUT2D eigenvalue weighted by atomic mass is 19.4. The molecule has 0 bridgehead atoms. The number of carbonyl (C=O) groups is 1. The Bertz CT molecular complexity index is 1610. The number of fused-ring (bicyclic) bond motifs is 2. The van der Waals surface area contributed by atoms with Crippen LogP contribution in [0.1, 0.15) is 60.0 Å². The fraction of sp³-hybridized carbons (Fsp3) is 0.406. The molecule has 0 aromatic heterocycles. The van der Waals surface area contributed by atoms with Gasteiger partial charge in [-0.05, 0) is 53.8 Å². The minimum Gasteiger partial charge on any atom is -0.492 e. The van der Waals surface area contributed by atoms with Crippen LogP contribution >= 0.6 is 0 Å². The van der Waals surface area contributed by atoms with Gasteiger partial charge in [0.1, 0.15) is 35.6 Å². The Hall–Kier alpha value is -3.97. The third kappa shape index (κ3) is 6.15. The zero-order chi connectivity index (χ0) is 32.1. The van der Waals surface area contributed by atoms with E-state index in [2.05, 4.69) is 0 Å². The van der Waals surface area contributed by atoms with Crippen molar-refractivity contribution < 1.29 is 60.3 Å². The molecule has 0 amide bonds. The summed E-state index contributed by atoms with van der Waals surface area (Å²) < 4.78 is 110. The zero-order valence-corrected chi connectivity index (χ0v) is 23.7. The fourth-order valence-electron chi connectivity index (χ4n) is 6.24. The van der Waals surface area contributed by atoms with Crippen LogP contribution in [0, 0.1) is 17.5 Å². The average molecular weight is 639 g/mol. The molecule has 0 unspecified atom stereocenters. The molecule has 7 nitrogen and oxygen atoms in total. The Morgan fingerprint density at radius 1 is 1.02 bits per heavy atom. The number of rotatable bonds is 8. The Morgan fingerprint density at radius 2 is 1.73 bits per heavy atom. The summed E-state index contributed by atoms with van der Waals surface area (Å²) in [5.41, 5.74) is -3.37. The predicted octanol–water partition coefficient (Wildman–Crippen LogP) is 6.73. The first kappa shape index (κ1) is 31.0. The Kier molecular flexibility index (Phi) is 8.10. The first-order valence-electron chi connectivity index (χ1n) is 14.3.